The number of carbonyl (C=O) groups is 2. The first-order valence-corrected chi connectivity index (χ1v) is 9.62. The van der Waals surface area contributed by atoms with Crippen LogP contribution < -0.4 is 10.7 Å². The fourth-order valence-electron chi connectivity index (χ4n) is 3.35. The van der Waals surface area contributed by atoms with E-state index in [0.717, 1.165) is 5.52 Å². The molecule has 0 aliphatic carbocycles. The third-order valence-corrected chi connectivity index (χ3v) is 5.09. The number of pyridine rings is 1. The van der Waals surface area contributed by atoms with Crippen molar-refractivity contribution >= 4 is 39.9 Å². The topological polar surface area (TPSA) is 68.2 Å². The standard InChI is InChI=1S/C24H17ClN2O3/c1-27-14-19(23(29)17-9-5-6-10-21(17)27)24(30)26-20-12-11-16(25)13-18(20)22(28)15-7-3-2-4-8-15/h2-14H,1H3,(H,26,30). The van der Waals surface area contributed by atoms with Crippen LogP contribution in [0.25, 0.3) is 10.9 Å². The molecule has 0 saturated carbocycles. The number of ketones is 1. The Morgan fingerprint density at radius 2 is 1.60 bits per heavy atom. The highest BCUT2D eigenvalue weighted by Crippen LogP contribution is 2.24. The van der Waals surface area contributed by atoms with E-state index in [-0.39, 0.29) is 28.0 Å². The maximum absolute atomic E-state index is 13.0. The van der Waals surface area contributed by atoms with Crippen LogP contribution in [0, 0.1) is 0 Å². The number of fused-ring (bicyclic) bond motifs is 1. The van der Waals surface area contributed by atoms with Crippen molar-refractivity contribution in [2.75, 3.05) is 5.32 Å². The van der Waals surface area contributed by atoms with E-state index in [4.69, 9.17) is 11.6 Å². The quantitative estimate of drug-likeness (QED) is 0.491. The van der Waals surface area contributed by atoms with E-state index >= 15 is 0 Å². The van der Waals surface area contributed by atoms with Crippen molar-refractivity contribution in [1.29, 1.82) is 0 Å². The van der Waals surface area contributed by atoms with Crippen molar-refractivity contribution in [1.82, 2.24) is 4.57 Å². The highest BCUT2D eigenvalue weighted by atomic mass is 35.5. The first kappa shape index (κ1) is 19.6. The summed E-state index contributed by atoms with van der Waals surface area (Å²) in [7, 11) is 1.77. The zero-order valence-corrected chi connectivity index (χ0v) is 16.8. The molecule has 0 saturated heterocycles. The number of benzene rings is 3. The largest absolute Gasteiger partial charge is 0.350 e. The molecule has 1 heterocycles. The molecule has 0 fully saturated rings. The van der Waals surface area contributed by atoms with E-state index in [0.29, 0.717) is 16.0 Å². The Balaban J connectivity index is 1.75. The molecule has 1 amide bonds. The summed E-state index contributed by atoms with van der Waals surface area (Å²) < 4.78 is 1.73. The van der Waals surface area contributed by atoms with Crippen molar-refractivity contribution in [2.45, 2.75) is 0 Å². The van der Waals surface area contributed by atoms with Crippen LogP contribution in [0.1, 0.15) is 26.3 Å². The minimum absolute atomic E-state index is 0.00994. The lowest BCUT2D eigenvalue weighted by Gasteiger charge is -2.13. The Morgan fingerprint density at radius 1 is 0.900 bits per heavy atom. The number of carbonyl (C=O) groups excluding carboxylic acids is 2. The van der Waals surface area contributed by atoms with E-state index in [1.165, 1.54) is 12.3 Å². The van der Waals surface area contributed by atoms with Crippen molar-refractivity contribution < 1.29 is 9.59 Å². The third kappa shape index (κ3) is 3.63. The summed E-state index contributed by atoms with van der Waals surface area (Å²) in [6.45, 7) is 0. The van der Waals surface area contributed by atoms with Crippen molar-refractivity contribution in [3.63, 3.8) is 0 Å². The summed E-state index contributed by atoms with van der Waals surface area (Å²) in [5.41, 5.74) is 1.35. The maximum atomic E-state index is 13.0. The Hall–Kier alpha value is -3.70. The number of rotatable bonds is 4. The first-order chi connectivity index (χ1) is 14.5. The van der Waals surface area contributed by atoms with Gasteiger partial charge in [0.2, 0.25) is 5.43 Å². The lowest BCUT2D eigenvalue weighted by molar-refractivity contribution is 0.102. The number of para-hydroxylation sites is 1. The van der Waals surface area contributed by atoms with Crippen LogP contribution >= 0.6 is 11.6 Å². The Morgan fingerprint density at radius 3 is 2.37 bits per heavy atom. The molecule has 4 rings (SSSR count). The van der Waals surface area contributed by atoms with Gasteiger partial charge in [-0.1, -0.05) is 54.1 Å². The summed E-state index contributed by atoms with van der Waals surface area (Å²) >= 11 is 6.10. The minimum atomic E-state index is -0.592. The fraction of sp³-hybridized carbons (Fsp3) is 0.0417. The van der Waals surface area contributed by atoms with Crippen LogP contribution in [0.2, 0.25) is 5.02 Å². The number of halogens is 1. The summed E-state index contributed by atoms with van der Waals surface area (Å²) in [5, 5.41) is 3.52. The van der Waals surface area contributed by atoms with E-state index in [1.807, 2.05) is 18.2 Å². The minimum Gasteiger partial charge on any atom is -0.350 e. The smallest absolute Gasteiger partial charge is 0.261 e. The van der Waals surface area contributed by atoms with Gasteiger partial charge in [0.05, 0.1) is 11.2 Å². The Labute approximate surface area is 177 Å². The second kappa shape index (κ2) is 7.97. The number of nitrogens with one attached hydrogen (secondary N) is 1. The molecule has 6 heteroatoms. The number of hydrogen-bond donors (Lipinski definition) is 1. The van der Waals surface area contributed by atoms with Gasteiger partial charge >= 0.3 is 0 Å². The third-order valence-electron chi connectivity index (χ3n) is 4.85. The van der Waals surface area contributed by atoms with E-state index in [1.54, 1.807) is 60.1 Å². The predicted molar refractivity (Wildman–Crippen MR) is 118 cm³/mol. The average Bonchev–Trinajstić information content (AvgIpc) is 2.77. The number of aromatic nitrogens is 1. The highest BCUT2D eigenvalue weighted by Gasteiger charge is 2.19. The molecule has 1 aromatic heterocycles. The van der Waals surface area contributed by atoms with Crippen LogP contribution in [0.15, 0.2) is 83.8 Å². The number of aryl methyl sites for hydroxylation is 1. The number of nitrogens with zero attached hydrogens (tertiary/aromatic N) is 1. The average molecular weight is 417 g/mol. The van der Waals surface area contributed by atoms with Crippen molar-refractivity contribution in [3.05, 3.63) is 111 Å². The second-order valence-corrected chi connectivity index (χ2v) is 7.28. The van der Waals surface area contributed by atoms with E-state index in [9.17, 15) is 14.4 Å². The van der Waals surface area contributed by atoms with Gasteiger partial charge in [-0.05, 0) is 30.3 Å². The van der Waals surface area contributed by atoms with Crippen molar-refractivity contribution in [2.24, 2.45) is 7.05 Å². The van der Waals surface area contributed by atoms with Gasteiger partial charge < -0.3 is 9.88 Å². The maximum Gasteiger partial charge on any atom is 0.261 e. The summed E-state index contributed by atoms with van der Waals surface area (Å²) in [6.07, 6.45) is 1.49. The van der Waals surface area contributed by atoms with Gasteiger partial charge in [0, 0.05) is 34.8 Å². The molecule has 30 heavy (non-hydrogen) atoms. The predicted octanol–water partition coefficient (Wildman–Crippen LogP) is 4.68. The van der Waals surface area contributed by atoms with Gasteiger partial charge in [0.15, 0.2) is 5.78 Å². The van der Waals surface area contributed by atoms with Gasteiger partial charge in [-0.2, -0.15) is 0 Å². The molecule has 3 aromatic carbocycles. The molecule has 4 aromatic rings. The van der Waals surface area contributed by atoms with Gasteiger partial charge in [-0.3, -0.25) is 14.4 Å². The van der Waals surface area contributed by atoms with Gasteiger partial charge in [-0.15, -0.1) is 0 Å². The van der Waals surface area contributed by atoms with Crippen molar-refractivity contribution in [3.8, 4) is 0 Å². The Bertz CT molecular complexity index is 1340. The summed E-state index contributed by atoms with van der Waals surface area (Å²) in [5.74, 6) is -0.870. The lowest BCUT2D eigenvalue weighted by atomic mass is 10.0. The van der Waals surface area contributed by atoms with Crippen LogP contribution in [0.3, 0.4) is 0 Å². The lowest BCUT2D eigenvalue weighted by Crippen LogP contribution is -2.24. The second-order valence-electron chi connectivity index (χ2n) is 6.84. The zero-order chi connectivity index (χ0) is 21.3. The van der Waals surface area contributed by atoms with Gasteiger partial charge in [0.1, 0.15) is 5.56 Å². The molecule has 5 nitrogen and oxygen atoms in total. The zero-order valence-electron chi connectivity index (χ0n) is 16.1. The molecule has 0 spiro atoms. The van der Waals surface area contributed by atoms with Gasteiger partial charge in [0.25, 0.3) is 5.91 Å². The molecule has 0 atom stereocenters. The molecule has 148 valence electrons. The van der Waals surface area contributed by atoms with Crippen LogP contribution in [0.4, 0.5) is 5.69 Å². The molecule has 0 aliphatic rings. The first-order valence-electron chi connectivity index (χ1n) is 9.25. The SMILES string of the molecule is Cn1cc(C(=O)Nc2ccc(Cl)cc2C(=O)c2ccccc2)c(=O)c2ccccc21. The number of anilines is 1. The van der Waals surface area contributed by atoms with Gasteiger partial charge in [-0.25, -0.2) is 0 Å². The number of amides is 1. The normalized spacial score (nSPS) is 10.7. The fourth-order valence-corrected chi connectivity index (χ4v) is 3.52. The Kier molecular flexibility index (Phi) is 5.21. The molecule has 0 aliphatic heterocycles. The molecular weight excluding hydrogens is 400 g/mol. The highest BCUT2D eigenvalue weighted by molar-refractivity contribution is 6.31. The molecule has 0 bridgehead atoms. The molecule has 1 N–H and O–H groups in total. The number of hydrogen-bond acceptors (Lipinski definition) is 3. The molecular formula is C24H17ClN2O3. The summed E-state index contributed by atoms with van der Waals surface area (Å²) in [4.78, 5) is 38.8. The van der Waals surface area contributed by atoms with Crippen LogP contribution in [0.5, 0.6) is 0 Å². The molecule has 0 radical (unpaired) electrons. The molecule has 0 unspecified atom stereocenters. The van der Waals surface area contributed by atoms with E-state index < -0.39 is 5.91 Å². The monoisotopic (exact) mass is 416 g/mol. The summed E-state index contributed by atoms with van der Waals surface area (Å²) in [6, 6.07) is 20.4. The van der Waals surface area contributed by atoms with E-state index in [2.05, 4.69) is 5.32 Å². The van der Waals surface area contributed by atoms with Crippen LogP contribution in [-0.4, -0.2) is 16.3 Å². The van der Waals surface area contributed by atoms with Crippen LogP contribution in [-0.2, 0) is 7.05 Å².